The molecule has 4 rings (SSSR count). The van der Waals surface area contributed by atoms with Crippen LogP contribution in [0, 0.1) is 10.1 Å². The lowest BCUT2D eigenvalue weighted by Gasteiger charge is -2.35. The molecular formula is C34H36N4O6S. The van der Waals surface area contributed by atoms with E-state index in [2.05, 4.69) is 5.32 Å². The van der Waals surface area contributed by atoms with Gasteiger partial charge in [-0.2, -0.15) is 0 Å². The Bertz CT molecular complexity index is 1710. The van der Waals surface area contributed by atoms with Gasteiger partial charge in [-0.25, -0.2) is 8.42 Å². The van der Waals surface area contributed by atoms with Gasteiger partial charge in [-0.05, 0) is 56.2 Å². The molecule has 0 radical (unpaired) electrons. The molecule has 0 fully saturated rings. The van der Waals surface area contributed by atoms with E-state index in [-0.39, 0.29) is 35.1 Å². The number of benzene rings is 4. The number of nitro groups is 1. The highest BCUT2D eigenvalue weighted by Crippen LogP contribution is 2.27. The summed E-state index contributed by atoms with van der Waals surface area (Å²) in [4.78, 5) is 40.4. The summed E-state index contributed by atoms with van der Waals surface area (Å²) in [5.41, 5.74) is 0.808. The van der Waals surface area contributed by atoms with E-state index < -0.39 is 39.0 Å². The quantitative estimate of drug-likeness (QED) is 0.166. The highest BCUT2D eigenvalue weighted by Gasteiger charge is 2.35. The Morgan fingerprint density at radius 2 is 1.31 bits per heavy atom. The van der Waals surface area contributed by atoms with Crippen molar-refractivity contribution in [3.63, 3.8) is 0 Å². The average molecular weight is 629 g/mol. The number of non-ortho nitro benzene ring substituents is 1. The lowest BCUT2D eigenvalue weighted by molar-refractivity contribution is -0.384. The first-order chi connectivity index (χ1) is 21.3. The number of amides is 2. The molecule has 1 unspecified atom stereocenters. The number of anilines is 1. The van der Waals surface area contributed by atoms with Crippen molar-refractivity contribution in [2.24, 2.45) is 0 Å². The van der Waals surface area contributed by atoms with Gasteiger partial charge >= 0.3 is 0 Å². The first kappa shape index (κ1) is 32.9. The molecule has 0 bridgehead atoms. The molecule has 1 N–H and O–H groups in total. The Balaban J connectivity index is 1.81. The normalized spacial score (nSPS) is 12.2. The molecule has 0 heterocycles. The molecule has 2 amide bonds. The van der Waals surface area contributed by atoms with Gasteiger partial charge < -0.3 is 10.2 Å². The summed E-state index contributed by atoms with van der Waals surface area (Å²) in [6.45, 7) is 4.91. The predicted molar refractivity (Wildman–Crippen MR) is 173 cm³/mol. The summed E-state index contributed by atoms with van der Waals surface area (Å²) < 4.78 is 28.9. The van der Waals surface area contributed by atoms with Crippen LogP contribution in [0.1, 0.15) is 31.9 Å². The van der Waals surface area contributed by atoms with Crippen LogP contribution in [0.5, 0.6) is 0 Å². The lowest BCUT2D eigenvalue weighted by Crippen LogP contribution is -2.56. The second-order valence-electron chi connectivity index (χ2n) is 11.6. The van der Waals surface area contributed by atoms with Gasteiger partial charge in [-0.3, -0.25) is 24.0 Å². The predicted octanol–water partition coefficient (Wildman–Crippen LogP) is 5.34. The van der Waals surface area contributed by atoms with Gasteiger partial charge in [-0.1, -0.05) is 78.9 Å². The fourth-order valence-corrected chi connectivity index (χ4v) is 6.21. The maximum Gasteiger partial charge on any atom is 0.269 e. The van der Waals surface area contributed by atoms with Crippen molar-refractivity contribution in [2.45, 2.75) is 50.2 Å². The summed E-state index contributed by atoms with van der Waals surface area (Å²) in [5.74, 6) is -1.01. The monoisotopic (exact) mass is 628 g/mol. The Morgan fingerprint density at radius 3 is 1.82 bits per heavy atom. The van der Waals surface area contributed by atoms with Crippen molar-refractivity contribution in [3.8, 4) is 0 Å². The van der Waals surface area contributed by atoms with Gasteiger partial charge in [-0.15, -0.1) is 0 Å². The molecule has 0 saturated heterocycles. The van der Waals surface area contributed by atoms with Crippen molar-refractivity contribution >= 4 is 33.2 Å². The Hall–Kier alpha value is -5.03. The third-order valence-corrected chi connectivity index (χ3v) is 8.71. The highest BCUT2D eigenvalue weighted by atomic mass is 32.2. The minimum Gasteiger partial charge on any atom is -0.350 e. The van der Waals surface area contributed by atoms with Crippen LogP contribution in [-0.2, 0) is 32.6 Å². The Morgan fingerprint density at radius 1 is 0.800 bits per heavy atom. The number of hydrogen-bond acceptors (Lipinski definition) is 6. The molecule has 4 aromatic rings. The molecule has 0 saturated carbocycles. The SMILES string of the molecule is CC(C)(C)NC(=O)C(Cc1ccccc1)N(Cc1ccccc1)C(=O)CN(c1ccc([N+](=O)[O-])cc1)S(=O)(=O)c1ccccc1. The third kappa shape index (κ3) is 8.76. The Kier molecular flexibility index (Phi) is 10.4. The summed E-state index contributed by atoms with van der Waals surface area (Å²) >= 11 is 0. The van der Waals surface area contributed by atoms with Crippen LogP contribution in [-0.4, -0.2) is 48.2 Å². The van der Waals surface area contributed by atoms with E-state index in [0.29, 0.717) is 0 Å². The van der Waals surface area contributed by atoms with Crippen molar-refractivity contribution in [1.29, 1.82) is 0 Å². The highest BCUT2D eigenvalue weighted by molar-refractivity contribution is 7.92. The van der Waals surface area contributed by atoms with Crippen molar-refractivity contribution in [2.75, 3.05) is 10.8 Å². The zero-order chi connectivity index (χ0) is 32.6. The number of hydrogen-bond donors (Lipinski definition) is 1. The van der Waals surface area contributed by atoms with Crippen LogP contribution in [0.4, 0.5) is 11.4 Å². The van der Waals surface area contributed by atoms with Gasteiger partial charge in [0, 0.05) is 30.6 Å². The molecule has 0 aromatic heterocycles. The zero-order valence-electron chi connectivity index (χ0n) is 25.4. The molecule has 0 aliphatic heterocycles. The Labute approximate surface area is 263 Å². The molecule has 10 nitrogen and oxygen atoms in total. The van der Waals surface area contributed by atoms with E-state index >= 15 is 0 Å². The lowest BCUT2D eigenvalue weighted by atomic mass is 10.0. The van der Waals surface area contributed by atoms with Crippen LogP contribution in [0.15, 0.2) is 120 Å². The molecule has 0 spiro atoms. The number of carbonyl (C=O) groups excluding carboxylic acids is 2. The van der Waals surface area contributed by atoms with Gasteiger partial charge in [0.05, 0.1) is 15.5 Å². The van der Waals surface area contributed by atoms with E-state index in [1.54, 1.807) is 18.2 Å². The van der Waals surface area contributed by atoms with Crippen LogP contribution >= 0.6 is 0 Å². The number of carbonyl (C=O) groups is 2. The molecule has 11 heteroatoms. The summed E-state index contributed by atoms with van der Waals surface area (Å²) in [6, 6.07) is 30.0. The van der Waals surface area contributed by atoms with E-state index in [0.717, 1.165) is 15.4 Å². The van der Waals surface area contributed by atoms with Crippen LogP contribution in [0.3, 0.4) is 0 Å². The fourth-order valence-electron chi connectivity index (χ4n) is 4.78. The molecule has 234 valence electrons. The number of nitro benzene ring substituents is 1. The van der Waals surface area contributed by atoms with Crippen molar-refractivity contribution < 1.29 is 22.9 Å². The molecule has 45 heavy (non-hydrogen) atoms. The van der Waals surface area contributed by atoms with Gasteiger partial charge in [0.15, 0.2) is 0 Å². The van der Waals surface area contributed by atoms with Crippen LogP contribution in [0.25, 0.3) is 0 Å². The number of nitrogens with one attached hydrogen (secondary N) is 1. The summed E-state index contributed by atoms with van der Waals surface area (Å²) in [7, 11) is -4.31. The van der Waals surface area contributed by atoms with E-state index in [1.165, 1.54) is 41.3 Å². The maximum atomic E-state index is 14.4. The maximum absolute atomic E-state index is 14.4. The minimum absolute atomic E-state index is 0.0359. The van der Waals surface area contributed by atoms with Gasteiger partial charge in [0.1, 0.15) is 12.6 Å². The zero-order valence-corrected chi connectivity index (χ0v) is 26.2. The van der Waals surface area contributed by atoms with E-state index in [1.807, 2.05) is 81.4 Å². The number of sulfonamides is 1. The van der Waals surface area contributed by atoms with E-state index in [4.69, 9.17) is 0 Å². The average Bonchev–Trinajstić information content (AvgIpc) is 3.02. The van der Waals surface area contributed by atoms with Crippen molar-refractivity contribution in [3.05, 3.63) is 137 Å². The van der Waals surface area contributed by atoms with Crippen LogP contribution < -0.4 is 9.62 Å². The van der Waals surface area contributed by atoms with E-state index in [9.17, 15) is 28.1 Å². The first-order valence-corrected chi connectivity index (χ1v) is 15.8. The smallest absolute Gasteiger partial charge is 0.269 e. The van der Waals surface area contributed by atoms with Gasteiger partial charge in [0.2, 0.25) is 11.8 Å². The number of nitrogens with zero attached hydrogens (tertiary/aromatic N) is 3. The minimum atomic E-state index is -4.31. The summed E-state index contributed by atoms with van der Waals surface area (Å²) in [5, 5.41) is 14.3. The summed E-state index contributed by atoms with van der Waals surface area (Å²) in [6.07, 6.45) is 0.185. The molecular weight excluding hydrogens is 592 g/mol. The van der Waals surface area contributed by atoms with Gasteiger partial charge in [0.25, 0.3) is 15.7 Å². The fraction of sp³-hybridized carbons (Fsp3) is 0.235. The standard InChI is InChI=1S/C34H36N4O6S/c1-34(2,3)35-33(40)31(23-26-13-7-4-8-14-26)36(24-27-15-9-5-10-16-27)32(39)25-37(28-19-21-29(22-20-28)38(41)42)45(43,44)30-17-11-6-12-18-30/h4-22,31H,23-25H2,1-3H3,(H,35,40). The second kappa shape index (κ2) is 14.2. The third-order valence-electron chi connectivity index (χ3n) is 6.92. The molecule has 0 aliphatic carbocycles. The van der Waals surface area contributed by atoms with Crippen molar-refractivity contribution in [1.82, 2.24) is 10.2 Å². The number of rotatable bonds is 12. The largest absolute Gasteiger partial charge is 0.350 e. The molecule has 0 aliphatic rings. The molecule has 4 aromatic carbocycles. The first-order valence-electron chi connectivity index (χ1n) is 14.4. The van der Waals surface area contributed by atoms with Crippen LogP contribution in [0.2, 0.25) is 0 Å². The topological polar surface area (TPSA) is 130 Å². The molecule has 1 atom stereocenters. The second-order valence-corrected chi connectivity index (χ2v) is 13.4.